The van der Waals surface area contributed by atoms with Gasteiger partial charge in [0.2, 0.25) is 0 Å². The second-order valence-electron chi connectivity index (χ2n) is 9.39. The molecule has 0 aliphatic carbocycles. The summed E-state index contributed by atoms with van der Waals surface area (Å²) < 4.78 is 25.0. The minimum Gasteiger partial charge on any atom is -0.486 e. The Morgan fingerprint density at radius 1 is 1.08 bits per heavy atom. The Kier molecular flexibility index (Phi) is 8.70. The molecule has 0 saturated heterocycles. The molecule has 1 amide bonds. The van der Waals surface area contributed by atoms with Crippen LogP contribution in [-0.2, 0) is 6.42 Å². The maximum atomic E-state index is 13.9. The molecule has 1 unspecified atom stereocenters. The molecule has 1 aliphatic rings. The summed E-state index contributed by atoms with van der Waals surface area (Å²) in [5.74, 6) is 0.0452. The summed E-state index contributed by atoms with van der Waals surface area (Å²) >= 11 is 0. The first-order chi connectivity index (χ1) is 18.8. The molecule has 4 aromatic rings. The average Bonchev–Trinajstić information content (AvgIpc) is 3.34. The molecular formula is C30H30FN3O5. The summed E-state index contributed by atoms with van der Waals surface area (Å²) in [4.78, 5) is 37.1. The lowest BCUT2D eigenvalue weighted by molar-refractivity contribution is 0.0961. The van der Waals surface area contributed by atoms with Gasteiger partial charge in [-0.05, 0) is 72.4 Å². The molecule has 2 heterocycles. The summed E-state index contributed by atoms with van der Waals surface area (Å²) in [6.45, 7) is 4.61. The van der Waals surface area contributed by atoms with Crippen molar-refractivity contribution >= 4 is 22.6 Å². The number of nitrogens with one attached hydrogen (secondary N) is 2. The van der Waals surface area contributed by atoms with Crippen molar-refractivity contribution in [2.45, 2.75) is 20.3 Å². The molecular weight excluding hydrogens is 501 g/mol. The highest BCUT2D eigenvalue weighted by molar-refractivity contribution is 6.00. The number of halogens is 1. The Morgan fingerprint density at radius 2 is 1.82 bits per heavy atom. The van der Waals surface area contributed by atoms with Crippen molar-refractivity contribution < 1.29 is 23.5 Å². The predicted octanol–water partition coefficient (Wildman–Crippen LogP) is 5.94. The number of hydrogen-bond acceptors (Lipinski definition) is 6. The average molecular weight is 532 g/mol. The van der Waals surface area contributed by atoms with E-state index in [1.807, 2.05) is 25.3 Å². The molecule has 39 heavy (non-hydrogen) atoms. The van der Waals surface area contributed by atoms with Crippen molar-refractivity contribution in [1.82, 2.24) is 10.3 Å². The molecule has 9 heteroatoms. The zero-order chi connectivity index (χ0) is 27.9. The fraction of sp³-hybridized carbons (Fsp3) is 0.267. The van der Waals surface area contributed by atoms with Gasteiger partial charge in [-0.1, -0.05) is 30.3 Å². The zero-order valence-electron chi connectivity index (χ0n) is 22.0. The zero-order valence-corrected chi connectivity index (χ0v) is 22.0. The lowest BCUT2D eigenvalue weighted by Crippen LogP contribution is -2.18. The molecule has 1 atom stereocenters. The van der Waals surface area contributed by atoms with Gasteiger partial charge in [-0.2, -0.15) is 4.91 Å². The SMILES string of the molecule is CC(CN=O)Cc1c[nH]c2ccccc12.CNC(=O)c1cc(F)cc(-c2cc3c(c(C(C)=O)c2)OCCO3)c1. The summed E-state index contributed by atoms with van der Waals surface area (Å²) in [7, 11) is 1.48. The molecule has 0 fully saturated rings. The maximum Gasteiger partial charge on any atom is 0.251 e. The lowest BCUT2D eigenvalue weighted by atomic mass is 9.98. The van der Waals surface area contributed by atoms with Crippen LogP contribution < -0.4 is 14.8 Å². The van der Waals surface area contributed by atoms with Crippen LogP contribution in [0.25, 0.3) is 22.0 Å². The highest BCUT2D eigenvalue weighted by Gasteiger charge is 2.21. The summed E-state index contributed by atoms with van der Waals surface area (Å²) in [6, 6.07) is 15.5. The topological polar surface area (TPSA) is 110 Å². The molecule has 8 nitrogen and oxygen atoms in total. The van der Waals surface area contributed by atoms with E-state index in [0.29, 0.717) is 53.9 Å². The third-order valence-electron chi connectivity index (χ3n) is 6.37. The molecule has 0 spiro atoms. The molecule has 0 saturated carbocycles. The molecule has 3 aromatic carbocycles. The molecule has 2 N–H and O–H groups in total. The van der Waals surface area contributed by atoms with Crippen LogP contribution in [-0.4, -0.2) is 43.5 Å². The number of carbonyl (C=O) groups is 2. The maximum absolute atomic E-state index is 13.9. The van der Waals surface area contributed by atoms with Crippen LogP contribution >= 0.6 is 0 Å². The smallest absolute Gasteiger partial charge is 0.251 e. The van der Waals surface area contributed by atoms with Gasteiger partial charge in [0.25, 0.3) is 5.91 Å². The minimum atomic E-state index is -0.537. The number of Topliss-reactive ketones (excluding diaryl/α,β-unsaturated/α-hetero) is 1. The Hall–Kier alpha value is -4.53. The normalized spacial score (nSPS) is 12.7. The summed E-state index contributed by atoms with van der Waals surface area (Å²) in [5, 5.41) is 6.64. The van der Waals surface area contributed by atoms with Gasteiger partial charge in [0, 0.05) is 29.7 Å². The summed E-state index contributed by atoms with van der Waals surface area (Å²) in [5.41, 5.74) is 4.04. The van der Waals surface area contributed by atoms with Gasteiger partial charge in [0.05, 0.1) is 12.1 Å². The van der Waals surface area contributed by atoms with Gasteiger partial charge in [0.1, 0.15) is 19.0 Å². The second-order valence-corrected chi connectivity index (χ2v) is 9.39. The third kappa shape index (κ3) is 6.49. The Balaban J connectivity index is 0.000000202. The van der Waals surface area contributed by atoms with Crippen LogP contribution in [0.15, 0.2) is 66.0 Å². The number of rotatable bonds is 7. The highest BCUT2D eigenvalue weighted by atomic mass is 19.1. The Labute approximate surface area is 225 Å². The fourth-order valence-electron chi connectivity index (χ4n) is 4.48. The Bertz CT molecular complexity index is 1510. The van der Waals surface area contributed by atoms with E-state index in [2.05, 4.69) is 27.6 Å². The third-order valence-corrected chi connectivity index (χ3v) is 6.37. The molecule has 5 rings (SSSR count). The van der Waals surface area contributed by atoms with Crippen LogP contribution in [0.2, 0.25) is 0 Å². The van der Waals surface area contributed by atoms with E-state index in [9.17, 15) is 18.9 Å². The largest absolute Gasteiger partial charge is 0.486 e. The fourth-order valence-corrected chi connectivity index (χ4v) is 4.48. The van der Waals surface area contributed by atoms with E-state index in [0.717, 1.165) is 18.0 Å². The number of fused-ring (bicyclic) bond motifs is 2. The minimum absolute atomic E-state index is 0.179. The Morgan fingerprint density at radius 3 is 2.56 bits per heavy atom. The predicted molar refractivity (Wildman–Crippen MR) is 148 cm³/mol. The van der Waals surface area contributed by atoms with Crippen molar-refractivity contribution in [3.05, 3.63) is 88.2 Å². The van der Waals surface area contributed by atoms with Gasteiger partial charge in [-0.3, -0.25) is 9.59 Å². The van der Waals surface area contributed by atoms with Crippen LogP contribution in [0.5, 0.6) is 11.5 Å². The standard InChI is InChI=1S/C18H16FNO4.C12H14N2O/c1-10(21)15-8-12(9-16-17(15)24-4-3-23-16)11-5-13(18(22)20-2)7-14(19)6-11;1-9(7-14-15)6-10-8-13-12-5-3-2-4-11(10)12/h5-9H,3-4H2,1-2H3,(H,20,22);2-5,8-9,13H,6-7H2,1H3. The summed E-state index contributed by atoms with van der Waals surface area (Å²) in [6.07, 6.45) is 2.92. The van der Waals surface area contributed by atoms with Crippen molar-refractivity contribution in [1.29, 1.82) is 0 Å². The molecule has 1 aromatic heterocycles. The van der Waals surface area contributed by atoms with Gasteiger partial charge in [-0.25, -0.2) is 4.39 Å². The number of benzene rings is 3. The quantitative estimate of drug-likeness (QED) is 0.227. The number of carbonyl (C=O) groups excluding carboxylic acids is 2. The number of aromatic amines is 1. The monoisotopic (exact) mass is 531 g/mol. The van der Waals surface area contributed by atoms with E-state index in [4.69, 9.17) is 9.47 Å². The van der Waals surface area contributed by atoms with Gasteiger partial charge >= 0.3 is 0 Å². The molecule has 0 bridgehead atoms. The van der Waals surface area contributed by atoms with E-state index in [1.54, 1.807) is 18.2 Å². The van der Waals surface area contributed by atoms with Crippen LogP contribution in [0.3, 0.4) is 0 Å². The number of amides is 1. The lowest BCUT2D eigenvalue weighted by Gasteiger charge is -2.21. The van der Waals surface area contributed by atoms with Gasteiger partial charge in [0.15, 0.2) is 17.3 Å². The van der Waals surface area contributed by atoms with Crippen LogP contribution in [0.4, 0.5) is 4.39 Å². The molecule has 1 aliphatic heterocycles. The second kappa shape index (κ2) is 12.3. The number of nitroso groups, excluding NO2 is 1. The van der Waals surface area contributed by atoms with Crippen LogP contribution in [0, 0.1) is 16.6 Å². The number of aromatic nitrogens is 1. The number of para-hydroxylation sites is 1. The molecule has 0 radical (unpaired) electrons. The first-order valence-corrected chi connectivity index (χ1v) is 12.6. The number of nitrogens with zero attached hydrogens (tertiary/aromatic N) is 1. The number of hydrogen-bond donors (Lipinski definition) is 2. The first kappa shape index (κ1) is 27.5. The van der Waals surface area contributed by atoms with Gasteiger partial charge in [-0.15, -0.1) is 0 Å². The van der Waals surface area contributed by atoms with E-state index in [-0.39, 0.29) is 17.3 Å². The number of ether oxygens (including phenoxy) is 2. The highest BCUT2D eigenvalue weighted by Crippen LogP contribution is 2.39. The van der Waals surface area contributed by atoms with E-state index >= 15 is 0 Å². The molecule has 202 valence electrons. The van der Waals surface area contributed by atoms with E-state index < -0.39 is 5.82 Å². The van der Waals surface area contributed by atoms with Crippen LogP contribution in [0.1, 0.15) is 40.1 Å². The van der Waals surface area contributed by atoms with E-state index in [1.165, 1.54) is 31.0 Å². The number of ketones is 1. The van der Waals surface area contributed by atoms with Crippen molar-refractivity contribution in [2.24, 2.45) is 11.1 Å². The number of H-pyrrole nitrogens is 1. The first-order valence-electron chi connectivity index (χ1n) is 12.6. The van der Waals surface area contributed by atoms with Crippen molar-refractivity contribution in [3.8, 4) is 22.6 Å². The van der Waals surface area contributed by atoms with Crippen molar-refractivity contribution in [3.63, 3.8) is 0 Å². The van der Waals surface area contributed by atoms with Gasteiger partial charge < -0.3 is 19.8 Å². The van der Waals surface area contributed by atoms with Crippen molar-refractivity contribution in [2.75, 3.05) is 26.8 Å².